The standard InChI is InChI=1S/C16H22N6/c1-21(2)13-8-9-22(11-13)15-10-14(19-16(17)20-15)18-12-6-4-3-5-7-12/h3-7,10,13H,8-9,11H2,1-2H3,(H3,17,18,19,20)/t13-/m1/s1. The summed E-state index contributed by atoms with van der Waals surface area (Å²) >= 11 is 0. The minimum atomic E-state index is 0.296. The molecule has 0 radical (unpaired) electrons. The van der Waals surface area contributed by atoms with E-state index in [1.165, 1.54) is 0 Å². The molecule has 1 aliphatic rings. The molecule has 1 saturated heterocycles. The van der Waals surface area contributed by atoms with Crippen molar-refractivity contribution in [2.45, 2.75) is 12.5 Å². The van der Waals surface area contributed by atoms with Crippen LogP contribution in [0.2, 0.25) is 0 Å². The lowest BCUT2D eigenvalue weighted by atomic mass is 10.2. The van der Waals surface area contributed by atoms with Crippen LogP contribution < -0.4 is 16.0 Å². The van der Waals surface area contributed by atoms with Crippen molar-refractivity contribution in [2.24, 2.45) is 0 Å². The van der Waals surface area contributed by atoms with Crippen molar-refractivity contribution in [2.75, 3.05) is 43.1 Å². The Morgan fingerprint density at radius 3 is 2.68 bits per heavy atom. The van der Waals surface area contributed by atoms with E-state index in [4.69, 9.17) is 5.73 Å². The summed E-state index contributed by atoms with van der Waals surface area (Å²) in [7, 11) is 4.23. The van der Waals surface area contributed by atoms with Crippen LogP contribution in [0.25, 0.3) is 0 Å². The highest BCUT2D eigenvalue weighted by atomic mass is 15.3. The average molecular weight is 298 g/mol. The molecule has 1 aromatic heterocycles. The molecular formula is C16H22N6. The summed E-state index contributed by atoms with van der Waals surface area (Å²) < 4.78 is 0. The molecular weight excluding hydrogens is 276 g/mol. The van der Waals surface area contributed by atoms with Gasteiger partial charge in [0.1, 0.15) is 11.6 Å². The van der Waals surface area contributed by atoms with Gasteiger partial charge in [0.15, 0.2) is 0 Å². The van der Waals surface area contributed by atoms with Gasteiger partial charge >= 0.3 is 0 Å². The molecule has 6 heteroatoms. The van der Waals surface area contributed by atoms with E-state index in [1.807, 2.05) is 36.4 Å². The molecule has 1 atom stereocenters. The zero-order chi connectivity index (χ0) is 15.5. The summed E-state index contributed by atoms with van der Waals surface area (Å²) in [4.78, 5) is 13.2. The predicted molar refractivity (Wildman–Crippen MR) is 90.5 cm³/mol. The predicted octanol–water partition coefficient (Wildman–Crippen LogP) is 1.94. The summed E-state index contributed by atoms with van der Waals surface area (Å²) in [5.41, 5.74) is 6.86. The fourth-order valence-corrected chi connectivity index (χ4v) is 2.72. The lowest BCUT2D eigenvalue weighted by molar-refractivity contribution is 0.315. The number of likely N-dealkylation sites (N-methyl/N-ethyl adjacent to an activating group) is 1. The van der Waals surface area contributed by atoms with Crippen molar-refractivity contribution < 1.29 is 0 Å². The summed E-state index contributed by atoms with van der Waals surface area (Å²) in [5, 5.41) is 3.27. The quantitative estimate of drug-likeness (QED) is 0.899. The average Bonchev–Trinajstić information content (AvgIpc) is 2.98. The first-order chi connectivity index (χ1) is 10.6. The van der Waals surface area contributed by atoms with E-state index in [0.717, 1.165) is 36.8 Å². The van der Waals surface area contributed by atoms with E-state index in [0.29, 0.717) is 12.0 Å². The smallest absolute Gasteiger partial charge is 0.223 e. The van der Waals surface area contributed by atoms with Gasteiger partial charge in [-0.2, -0.15) is 9.97 Å². The van der Waals surface area contributed by atoms with E-state index < -0.39 is 0 Å². The number of nitrogens with two attached hydrogens (primary N) is 1. The van der Waals surface area contributed by atoms with Gasteiger partial charge in [-0.3, -0.25) is 0 Å². The number of nitrogens with one attached hydrogen (secondary N) is 1. The Hall–Kier alpha value is -2.34. The molecule has 6 nitrogen and oxygen atoms in total. The Bertz CT molecular complexity index is 628. The Morgan fingerprint density at radius 1 is 1.23 bits per heavy atom. The molecule has 0 aliphatic carbocycles. The number of rotatable bonds is 4. The van der Waals surface area contributed by atoms with Crippen LogP contribution >= 0.6 is 0 Å². The number of nitrogens with zero attached hydrogens (tertiary/aromatic N) is 4. The maximum atomic E-state index is 5.88. The van der Waals surface area contributed by atoms with Crippen molar-refractivity contribution >= 4 is 23.3 Å². The van der Waals surface area contributed by atoms with Gasteiger partial charge in [0.2, 0.25) is 5.95 Å². The Morgan fingerprint density at radius 2 is 2.00 bits per heavy atom. The van der Waals surface area contributed by atoms with Crippen LogP contribution in [-0.2, 0) is 0 Å². The van der Waals surface area contributed by atoms with Gasteiger partial charge in [0, 0.05) is 30.9 Å². The van der Waals surface area contributed by atoms with Crippen LogP contribution in [0.3, 0.4) is 0 Å². The highest BCUT2D eigenvalue weighted by molar-refractivity contribution is 5.61. The molecule has 0 amide bonds. The second kappa shape index (κ2) is 6.19. The molecule has 3 N–H and O–H groups in total. The number of hydrogen-bond acceptors (Lipinski definition) is 6. The zero-order valence-electron chi connectivity index (χ0n) is 13.0. The molecule has 1 aromatic carbocycles. The minimum Gasteiger partial charge on any atom is -0.368 e. The first-order valence-electron chi connectivity index (χ1n) is 7.50. The second-order valence-corrected chi connectivity index (χ2v) is 5.81. The number of hydrogen-bond donors (Lipinski definition) is 2. The molecule has 22 heavy (non-hydrogen) atoms. The summed E-state index contributed by atoms with van der Waals surface area (Å²) in [5.74, 6) is 1.90. The normalized spacial score (nSPS) is 18.0. The number of anilines is 4. The third-order valence-electron chi connectivity index (χ3n) is 3.99. The molecule has 1 fully saturated rings. The Kier molecular flexibility index (Phi) is 4.11. The Labute approximate surface area is 131 Å². The number of nitrogen functional groups attached to an aromatic ring is 1. The van der Waals surface area contributed by atoms with E-state index in [9.17, 15) is 0 Å². The minimum absolute atomic E-state index is 0.296. The van der Waals surface area contributed by atoms with Gasteiger partial charge in [-0.25, -0.2) is 0 Å². The number of aromatic nitrogens is 2. The SMILES string of the molecule is CN(C)[C@@H]1CCN(c2cc(Nc3ccccc3)nc(N)n2)C1. The summed E-state index contributed by atoms with van der Waals surface area (Å²) in [6, 6.07) is 12.5. The fraction of sp³-hybridized carbons (Fsp3) is 0.375. The van der Waals surface area contributed by atoms with Crippen molar-refractivity contribution in [1.82, 2.24) is 14.9 Å². The van der Waals surface area contributed by atoms with Crippen LogP contribution in [0.1, 0.15) is 6.42 Å². The van der Waals surface area contributed by atoms with E-state index in [1.54, 1.807) is 0 Å². The van der Waals surface area contributed by atoms with Crippen molar-refractivity contribution in [3.05, 3.63) is 36.4 Å². The third kappa shape index (κ3) is 3.28. The van der Waals surface area contributed by atoms with E-state index in [-0.39, 0.29) is 0 Å². The number of para-hydroxylation sites is 1. The largest absolute Gasteiger partial charge is 0.368 e. The molecule has 3 rings (SSSR count). The fourth-order valence-electron chi connectivity index (χ4n) is 2.72. The van der Waals surface area contributed by atoms with Crippen molar-refractivity contribution in [3.8, 4) is 0 Å². The first-order valence-corrected chi connectivity index (χ1v) is 7.50. The molecule has 0 bridgehead atoms. The second-order valence-electron chi connectivity index (χ2n) is 5.81. The molecule has 116 valence electrons. The molecule has 2 aromatic rings. The van der Waals surface area contributed by atoms with E-state index >= 15 is 0 Å². The summed E-state index contributed by atoms with van der Waals surface area (Å²) in [6.07, 6.45) is 1.14. The van der Waals surface area contributed by atoms with Gasteiger partial charge in [0.05, 0.1) is 0 Å². The molecule has 0 saturated carbocycles. The lowest BCUT2D eigenvalue weighted by Gasteiger charge is -2.21. The maximum absolute atomic E-state index is 5.88. The van der Waals surface area contributed by atoms with Crippen LogP contribution in [0.4, 0.5) is 23.3 Å². The topological polar surface area (TPSA) is 70.3 Å². The first kappa shape index (κ1) is 14.6. The molecule has 0 spiro atoms. The van der Waals surface area contributed by atoms with Gasteiger partial charge < -0.3 is 20.9 Å². The summed E-state index contributed by atoms with van der Waals surface area (Å²) in [6.45, 7) is 1.96. The van der Waals surface area contributed by atoms with Crippen LogP contribution in [0.15, 0.2) is 36.4 Å². The monoisotopic (exact) mass is 298 g/mol. The number of benzene rings is 1. The highest BCUT2D eigenvalue weighted by Gasteiger charge is 2.25. The van der Waals surface area contributed by atoms with Crippen molar-refractivity contribution in [3.63, 3.8) is 0 Å². The van der Waals surface area contributed by atoms with E-state index in [2.05, 4.69) is 39.2 Å². The van der Waals surface area contributed by atoms with Crippen LogP contribution in [0, 0.1) is 0 Å². The highest BCUT2D eigenvalue weighted by Crippen LogP contribution is 2.24. The Balaban J connectivity index is 1.79. The molecule has 1 aliphatic heterocycles. The molecule has 2 heterocycles. The lowest BCUT2D eigenvalue weighted by Crippen LogP contribution is -2.31. The van der Waals surface area contributed by atoms with Gasteiger partial charge in [-0.05, 0) is 32.6 Å². The van der Waals surface area contributed by atoms with Gasteiger partial charge in [0.25, 0.3) is 0 Å². The van der Waals surface area contributed by atoms with Crippen LogP contribution in [0.5, 0.6) is 0 Å². The van der Waals surface area contributed by atoms with Gasteiger partial charge in [-0.15, -0.1) is 0 Å². The van der Waals surface area contributed by atoms with Crippen molar-refractivity contribution in [1.29, 1.82) is 0 Å². The maximum Gasteiger partial charge on any atom is 0.223 e. The molecule has 0 unspecified atom stereocenters. The zero-order valence-corrected chi connectivity index (χ0v) is 13.0. The van der Waals surface area contributed by atoms with Gasteiger partial charge in [-0.1, -0.05) is 18.2 Å². The van der Waals surface area contributed by atoms with Crippen LogP contribution in [-0.4, -0.2) is 48.1 Å². The third-order valence-corrected chi connectivity index (χ3v) is 3.99.